The van der Waals surface area contributed by atoms with Crippen LogP contribution in [0.3, 0.4) is 0 Å². The molecular formula is C12H28N2. The van der Waals surface area contributed by atoms with Crippen LogP contribution in [0.2, 0.25) is 0 Å². The monoisotopic (exact) mass is 200 g/mol. The minimum atomic E-state index is 0.658. The van der Waals surface area contributed by atoms with Crippen molar-refractivity contribution in [3.8, 4) is 0 Å². The second-order valence-electron chi connectivity index (χ2n) is 4.22. The zero-order chi connectivity index (χ0) is 11.0. The van der Waals surface area contributed by atoms with E-state index in [1.54, 1.807) is 0 Å². The predicted octanol–water partition coefficient (Wildman–Crippen LogP) is 2.49. The second kappa shape index (κ2) is 8.25. The van der Waals surface area contributed by atoms with Crippen molar-refractivity contribution < 1.29 is 0 Å². The molecule has 0 rings (SSSR count). The maximum absolute atomic E-state index is 3.28. The average Bonchev–Trinajstić information content (AvgIpc) is 2.22. The van der Waals surface area contributed by atoms with Crippen molar-refractivity contribution in [1.29, 1.82) is 0 Å². The summed E-state index contributed by atoms with van der Waals surface area (Å²) in [6, 6.07) is 1.40. The lowest BCUT2D eigenvalue weighted by Gasteiger charge is -2.27. The minimum Gasteiger partial charge on any atom is -0.317 e. The SMILES string of the molecule is CCC(C)N(CC)CCCC(C)NC. The van der Waals surface area contributed by atoms with Gasteiger partial charge in [-0.2, -0.15) is 0 Å². The van der Waals surface area contributed by atoms with Crippen LogP contribution in [-0.4, -0.2) is 37.1 Å². The maximum atomic E-state index is 3.28. The lowest BCUT2D eigenvalue weighted by molar-refractivity contribution is 0.208. The summed E-state index contributed by atoms with van der Waals surface area (Å²) in [7, 11) is 2.04. The number of rotatable bonds is 8. The molecule has 0 aromatic heterocycles. The predicted molar refractivity (Wildman–Crippen MR) is 64.8 cm³/mol. The summed E-state index contributed by atoms with van der Waals surface area (Å²) in [5.41, 5.74) is 0. The number of hydrogen-bond acceptors (Lipinski definition) is 2. The standard InChI is InChI=1S/C12H28N2/c1-6-12(4)14(7-2)10-8-9-11(3)13-5/h11-13H,6-10H2,1-5H3. The third-order valence-electron chi connectivity index (χ3n) is 3.20. The van der Waals surface area contributed by atoms with Crippen LogP contribution in [0.25, 0.3) is 0 Å². The highest BCUT2D eigenvalue weighted by Gasteiger charge is 2.09. The summed E-state index contributed by atoms with van der Waals surface area (Å²) >= 11 is 0. The Kier molecular flexibility index (Phi) is 8.20. The molecule has 0 aromatic carbocycles. The van der Waals surface area contributed by atoms with E-state index >= 15 is 0 Å². The Labute approximate surface area is 90.1 Å². The van der Waals surface area contributed by atoms with E-state index in [-0.39, 0.29) is 0 Å². The summed E-state index contributed by atoms with van der Waals surface area (Å²) < 4.78 is 0. The first-order valence-electron chi connectivity index (χ1n) is 6.06. The van der Waals surface area contributed by atoms with Crippen molar-refractivity contribution >= 4 is 0 Å². The first-order valence-corrected chi connectivity index (χ1v) is 6.06. The highest BCUT2D eigenvalue weighted by Crippen LogP contribution is 2.06. The quantitative estimate of drug-likeness (QED) is 0.647. The van der Waals surface area contributed by atoms with E-state index in [9.17, 15) is 0 Å². The minimum absolute atomic E-state index is 0.658. The highest BCUT2D eigenvalue weighted by atomic mass is 15.1. The first-order chi connectivity index (χ1) is 6.65. The summed E-state index contributed by atoms with van der Waals surface area (Å²) in [4.78, 5) is 2.57. The van der Waals surface area contributed by atoms with E-state index < -0.39 is 0 Å². The summed E-state index contributed by atoms with van der Waals surface area (Å²) in [6.45, 7) is 11.5. The van der Waals surface area contributed by atoms with Crippen molar-refractivity contribution in [3.05, 3.63) is 0 Å². The molecule has 2 nitrogen and oxygen atoms in total. The average molecular weight is 200 g/mol. The largest absolute Gasteiger partial charge is 0.317 e. The van der Waals surface area contributed by atoms with Crippen LogP contribution in [0, 0.1) is 0 Å². The van der Waals surface area contributed by atoms with Gasteiger partial charge >= 0.3 is 0 Å². The zero-order valence-corrected chi connectivity index (χ0v) is 10.6. The molecule has 2 atom stereocenters. The van der Waals surface area contributed by atoms with E-state index in [1.807, 2.05) is 7.05 Å². The summed E-state index contributed by atoms with van der Waals surface area (Å²) in [5.74, 6) is 0. The fourth-order valence-electron chi connectivity index (χ4n) is 1.69. The highest BCUT2D eigenvalue weighted by molar-refractivity contribution is 4.66. The molecule has 0 saturated carbocycles. The Hall–Kier alpha value is -0.0800. The lowest BCUT2D eigenvalue weighted by Crippen LogP contribution is -2.34. The van der Waals surface area contributed by atoms with E-state index in [2.05, 4.69) is 37.9 Å². The molecule has 0 aliphatic rings. The molecule has 14 heavy (non-hydrogen) atoms. The van der Waals surface area contributed by atoms with Crippen LogP contribution in [0.15, 0.2) is 0 Å². The normalized spacial score (nSPS) is 15.9. The second-order valence-corrected chi connectivity index (χ2v) is 4.22. The first kappa shape index (κ1) is 13.9. The van der Waals surface area contributed by atoms with Gasteiger partial charge < -0.3 is 10.2 Å². The number of nitrogens with one attached hydrogen (secondary N) is 1. The van der Waals surface area contributed by atoms with Crippen molar-refractivity contribution in [2.45, 2.75) is 59.0 Å². The van der Waals surface area contributed by atoms with Crippen LogP contribution in [0.1, 0.15) is 47.0 Å². The van der Waals surface area contributed by atoms with Gasteiger partial charge in [-0.1, -0.05) is 13.8 Å². The molecule has 0 aromatic rings. The van der Waals surface area contributed by atoms with Gasteiger partial charge in [-0.05, 0) is 53.2 Å². The van der Waals surface area contributed by atoms with Gasteiger partial charge in [0.15, 0.2) is 0 Å². The van der Waals surface area contributed by atoms with Crippen LogP contribution in [-0.2, 0) is 0 Å². The number of nitrogens with zero attached hydrogens (tertiary/aromatic N) is 1. The Morgan fingerprint density at radius 2 is 1.86 bits per heavy atom. The Balaban J connectivity index is 3.62. The van der Waals surface area contributed by atoms with Crippen LogP contribution in [0.4, 0.5) is 0 Å². The van der Waals surface area contributed by atoms with Gasteiger partial charge in [0.2, 0.25) is 0 Å². The van der Waals surface area contributed by atoms with Crippen LogP contribution < -0.4 is 5.32 Å². The number of hydrogen-bond donors (Lipinski definition) is 1. The zero-order valence-electron chi connectivity index (χ0n) is 10.6. The lowest BCUT2D eigenvalue weighted by atomic mass is 10.1. The molecule has 0 aliphatic carbocycles. The van der Waals surface area contributed by atoms with Gasteiger partial charge in [0.25, 0.3) is 0 Å². The van der Waals surface area contributed by atoms with Crippen LogP contribution in [0.5, 0.6) is 0 Å². The fraction of sp³-hybridized carbons (Fsp3) is 1.00. The van der Waals surface area contributed by atoms with Gasteiger partial charge in [-0.3, -0.25) is 0 Å². The van der Waals surface area contributed by atoms with E-state index in [4.69, 9.17) is 0 Å². The molecule has 1 N–H and O–H groups in total. The molecule has 0 aliphatic heterocycles. The molecular weight excluding hydrogens is 172 g/mol. The third kappa shape index (κ3) is 5.61. The molecule has 0 saturated heterocycles. The Bertz CT molecular complexity index is 125. The van der Waals surface area contributed by atoms with E-state index in [1.165, 1.54) is 32.4 Å². The van der Waals surface area contributed by atoms with E-state index in [0.29, 0.717) is 6.04 Å². The summed E-state index contributed by atoms with van der Waals surface area (Å²) in [6.07, 6.45) is 3.85. The Morgan fingerprint density at radius 1 is 1.21 bits per heavy atom. The molecule has 2 heteroatoms. The third-order valence-corrected chi connectivity index (χ3v) is 3.20. The van der Waals surface area contributed by atoms with Crippen molar-refractivity contribution in [3.63, 3.8) is 0 Å². The van der Waals surface area contributed by atoms with Crippen molar-refractivity contribution in [1.82, 2.24) is 10.2 Å². The Morgan fingerprint density at radius 3 is 2.29 bits per heavy atom. The van der Waals surface area contributed by atoms with Crippen molar-refractivity contribution in [2.75, 3.05) is 20.1 Å². The molecule has 0 fully saturated rings. The molecule has 0 bridgehead atoms. The topological polar surface area (TPSA) is 15.3 Å². The molecule has 0 amide bonds. The summed E-state index contributed by atoms with van der Waals surface area (Å²) in [5, 5.41) is 3.28. The van der Waals surface area contributed by atoms with Crippen LogP contribution >= 0.6 is 0 Å². The smallest absolute Gasteiger partial charge is 0.00641 e. The fourth-order valence-corrected chi connectivity index (χ4v) is 1.69. The molecule has 86 valence electrons. The van der Waals surface area contributed by atoms with Gasteiger partial charge in [0, 0.05) is 12.1 Å². The molecule has 0 spiro atoms. The molecule has 2 unspecified atom stereocenters. The maximum Gasteiger partial charge on any atom is 0.00641 e. The van der Waals surface area contributed by atoms with Gasteiger partial charge in [-0.25, -0.2) is 0 Å². The van der Waals surface area contributed by atoms with Gasteiger partial charge in [0.05, 0.1) is 0 Å². The van der Waals surface area contributed by atoms with Gasteiger partial charge in [-0.15, -0.1) is 0 Å². The molecule has 0 heterocycles. The van der Waals surface area contributed by atoms with Gasteiger partial charge in [0.1, 0.15) is 0 Å². The van der Waals surface area contributed by atoms with E-state index in [0.717, 1.165) is 6.04 Å². The van der Waals surface area contributed by atoms with Crippen molar-refractivity contribution in [2.24, 2.45) is 0 Å². The molecule has 0 radical (unpaired) electrons.